The molecule has 0 radical (unpaired) electrons. The Morgan fingerprint density at radius 3 is 2.69 bits per heavy atom. The number of ether oxygens (including phenoxy) is 1. The van der Waals surface area contributed by atoms with Crippen LogP contribution in [0, 0.1) is 10.1 Å². The van der Waals surface area contributed by atoms with E-state index in [0.29, 0.717) is 37.0 Å². The highest BCUT2D eigenvalue weighted by Gasteiger charge is 2.36. The molecule has 10 nitrogen and oxygen atoms in total. The third-order valence-electron chi connectivity index (χ3n) is 4.74. The van der Waals surface area contributed by atoms with E-state index in [-0.39, 0.29) is 17.9 Å². The van der Waals surface area contributed by atoms with Gasteiger partial charge in [0.25, 0.3) is 0 Å². The molecule has 3 heterocycles. The first kappa shape index (κ1) is 20.7. The lowest BCUT2D eigenvalue weighted by atomic mass is 9.91. The van der Waals surface area contributed by atoms with Gasteiger partial charge >= 0.3 is 11.8 Å². The van der Waals surface area contributed by atoms with Gasteiger partial charge in [-0.3, -0.25) is 15.1 Å². The first-order valence-corrected chi connectivity index (χ1v) is 9.40. The van der Waals surface area contributed by atoms with Crippen LogP contribution in [0.1, 0.15) is 33.6 Å². The molecule has 2 N–H and O–H groups in total. The van der Waals surface area contributed by atoms with Crippen molar-refractivity contribution < 1.29 is 19.6 Å². The van der Waals surface area contributed by atoms with Gasteiger partial charge in [-0.1, -0.05) is 0 Å². The van der Waals surface area contributed by atoms with Crippen molar-refractivity contribution in [1.29, 1.82) is 0 Å². The summed E-state index contributed by atoms with van der Waals surface area (Å²) in [6.45, 7) is 6.17. The second-order valence-corrected chi connectivity index (χ2v) is 8.19. The quantitative estimate of drug-likeness (QED) is 0.588. The number of nitro groups is 1. The molecule has 3 rings (SSSR count). The van der Waals surface area contributed by atoms with Gasteiger partial charge in [-0.15, -0.1) is 0 Å². The van der Waals surface area contributed by atoms with E-state index in [1.165, 1.54) is 12.4 Å². The fourth-order valence-electron chi connectivity index (χ4n) is 3.18. The smallest absolute Gasteiger partial charge is 0.410 e. The molecule has 0 aromatic carbocycles. The van der Waals surface area contributed by atoms with Crippen LogP contribution in [0.2, 0.25) is 0 Å². The van der Waals surface area contributed by atoms with E-state index in [9.17, 15) is 20.0 Å². The second kappa shape index (κ2) is 7.78. The fourth-order valence-corrected chi connectivity index (χ4v) is 3.18. The van der Waals surface area contributed by atoms with E-state index in [1.807, 2.05) is 0 Å². The summed E-state index contributed by atoms with van der Waals surface area (Å²) in [5.74, 6) is 0. The molecule has 2 aromatic rings. The first-order chi connectivity index (χ1) is 13.6. The van der Waals surface area contributed by atoms with Crippen LogP contribution in [0.15, 0.2) is 24.5 Å². The lowest BCUT2D eigenvalue weighted by Crippen LogP contribution is -2.50. The summed E-state index contributed by atoms with van der Waals surface area (Å²) < 4.78 is 5.36. The Labute approximate surface area is 168 Å². The molecule has 0 saturated carbocycles. The largest absolute Gasteiger partial charge is 0.444 e. The maximum atomic E-state index is 12.2. The number of pyridine rings is 2. The normalized spacial score (nSPS) is 16.5. The number of piperidine rings is 1. The Balaban J connectivity index is 1.70. The van der Waals surface area contributed by atoms with E-state index >= 15 is 0 Å². The average Bonchev–Trinajstić information content (AvgIpc) is 2.65. The van der Waals surface area contributed by atoms with Gasteiger partial charge in [0.2, 0.25) is 0 Å². The van der Waals surface area contributed by atoms with Crippen molar-refractivity contribution in [3.05, 3.63) is 34.6 Å². The zero-order valence-corrected chi connectivity index (χ0v) is 16.7. The molecule has 0 aliphatic carbocycles. The Morgan fingerprint density at radius 2 is 2.07 bits per heavy atom. The number of anilines is 1. The number of rotatable bonds is 4. The molecule has 29 heavy (non-hydrogen) atoms. The molecule has 1 aliphatic rings. The molecule has 0 unspecified atom stereocenters. The van der Waals surface area contributed by atoms with Crippen LogP contribution in [0.4, 0.5) is 16.2 Å². The van der Waals surface area contributed by atoms with Crippen molar-refractivity contribution in [3.8, 4) is 0 Å². The number of carbonyl (C=O) groups is 1. The lowest BCUT2D eigenvalue weighted by molar-refractivity contribution is -0.384. The predicted octanol–water partition coefficient (Wildman–Crippen LogP) is 2.71. The van der Waals surface area contributed by atoms with Gasteiger partial charge in [0.15, 0.2) is 0 Å². The van der Waals surface area contributed by atoms with E-state index in [1.54, 1.807) is 37.8 Å². The molecule has 1 aliphatic heterocycles. The van der Waals surface area contributed by atoms with E-state index < -0.39 is 22.2 Å². The average molecular weight is 403 g/mol. The third kappa shape index (κ3) is 4.89. The maximum absolute atomic E-state index is 12.2. The molecular weight excluding hydrogens is 378 g/mol. The lowest BCUT2D eigenvalue weighted by Gasteiger charge is -2.38. The molecule has 156 valence electrons. The summed E-state index contributed by atoms with van der Waals surface area (Å²) in [5, 5.41) is 25.3. The molecule has 0 spiro atoms. The van der Waals surface area contributed by atoms with Crippen LogP contribution in [0.5, 0.6) is 0 Å². The standard InChI is InChI=1S/C19H25N5O5/c1-18(2,3)29-17(25)23-9-6-19(26,7-10-23)12-22-16-14(24(27)28)11-21-13-5-4-8-20-15(13)16/h4-5,8,11,26H,6-7,9-10,12H2,1-3H3,(H,21,22). The molecule has 1 fully saturated rings. The number of amides is 1. The van der Waals surface area contributed by atoms with Crippen LogP contribution in [0.25, 0.3) is 11.0 Å². The maximum Gasteiger partial charge on any atom is 0.410 e. The van der Waals surface area contributed by atoms with Crippen LogP contribution in [0.3, 0.4) is 0 Å². The topological polar surface area (TPSA) is 131 Å². The van der Waals surface area contributed by atoms with Crippen LogP contribution < -0.4 is 5.32 Å². The van der Waals surface area contributed by atoms with Gasteiger partial charge in [-0.2, -0.15) is 0 Å². The minimum atomic E-state index is -1.11. The molecule has 1 amide bonds. The number of aromatic nitrogens is 2. The molecule has 0 bridgehead atoms. The predicted molar refractivity (Wildman–Crippen MR) is 107 cm³/mol. The molecule has 10 heteroatoms. The van der Waals surface area contributed by atoms with Gasteiger partial charge in [0.05, 0.1) is 16.0 Å². The van der Waals surface area contributed by atoms with Crippen LogP contribution in [-0.4, -0.2) is 61.8 Å². The highest BCUT2D eigenvalue weighted by molar-refractivity contribution is 5.92. The van der Waals surface area contributed by atoms with Gasteiger partial charge in [0, 0.05) is 25.8 Å². The number of hydrogen-bond donors (Lipinski definition) is 2. The summed E-state index contributed by atoms with van der Waals surface area (Å²) >= 11 is 0. The highest BCUT2D eigenvalue weighted by Crippen LogP contribution is 2.32. The minimum absolute atomic E-state index is 0.0890. The Kier molecular flexibility index (Phi) is 5.56. The Morgan fingerprint density at radius 1 is 1.38 bits per heavy atom. The van der Waals surface area contributed by atoms with Gasteiger partial charge in [0.1, 0.15) is 23.0 Å². The van der Waals surface area contributed by atoms with E-state index in [2.05, 4.69) is 15.3 Å². The van der Waals surface area contributed by atoms with Crippen molar-refractivity contribution in [1.82, 2.24) is 14.9 Å². The summed E-state index contributed by atoms with van der Waals surface area (Å²) in [6.07, 6.45) is 2.95. The SMILES string of the molecule is CC(C)(C)OC(=O)N1CCC(O)(CNc2c([N+](=O)[O-])cnc3cccnc23)CC1. The molecule has 0 atom stereocenters. The van der Waals surface area contributed by atoms with Gasteiger partial charge < -0.3 is 20.1 Å². The number of carbonyl (C=O) groups excluding carboxylic acids is 1. The minimum Gasteiger partial charge on any atom is -0.444 e. The number of likely N-dealkylation sites (tertiary alicyclic amines) is 1. The van der Waals surface area contributed by atoms with Crippen molar-refractivity contribution in [3.63, 3.8) is 0 Å². The second-order valence-electron chi connectivity index (χ2n) is 8.19. The fraction of sp³-hybridized carbons (Fsp3) is 0.526. The Bertz CT molecular complexity index is 919. The molecular formula is C19H25N5O5. The van der Waals surface area contributed by atoms with Crippen molar-refractivity contribution in [2.24, 2.45) is 0 Å². The Hall–Kier alpha value is -3.01. The zero-order valence-electron chi connectivity index (χ0n) is 16.7. The summed E-state index contributed by atoms with van der Waals surface area (Å²) in [7, 11) is 0. The van der Waals surface area contributed by atoms with E-state index in [0.717, 1.165) is 0 Å². The number of nitrogens with one attached hydrogen (secondary N) is 1. The van der Waals surface area contributed by atoms with Crippen LogP contribution >= 0.6 is 0 Å². The van der Waals surface area contributed by atoms with Crippen molar-refractivity contribution >= 4 is 28.5 Å². The highest BCUT2D eigenvalue weighted by atomic mass is 16.6. The van der Waals surface area contributed by atoms with Crippen molar-refractivity contribution in [2.75, 3.05) is 25.0 Å². The number of aliphatic hydroxyl groups is 1. The molecule has 1 saturated heterocycles. The summed E-state index contributed by atoms with van der Waals surface area (Å²) in [4.78, 5) is 32.9. The van der Waals surface area contributed by atoms with Crippen LogP contribution in [-0.2, 0) is 4.74 Å². The summed E-state index contributed by atoms with van der Waals surface area (Å²) in [5.41, 5.74) is -0.782. The zero-order chi connectivity index (χ0) is 21.2. The summed E-state index contributed by atoms with van der Waals surface area (Å²) in [6, 6.07) is 3.41. The van der Waals surface area contributed by atoms with Gasteiger partial charge in [-0.25, -0.2) is 9.78 Å². The first-order valence-electron chi connectivity index (χ1n) is 9.40. The van der Waals surface area contributed by atoms with Crippen molar-refractivity contribution in [2.45, 2.75) is 44.8 Å². The number of hydrogen-bond acceptors (Lipinski definition) is 8. The van der Waals surface area contributed by atoms with E-state index in [4.69, 9.17) is 4.74 Å². The number of nitrogens with zero attached hydrogens (tertiary/aromatic N) is 4. The monoisotopic (exact) mass is 403 g/mol. The third-order valence-corrected chi connectivity index (χ3v) is 4.74. The van der Waals surface area contributed by atoms with Gasteiger partial charge in [-0.05, 0) is 45.7 Å². The molecule has 2 aromatic heterocycles. The number of fused-ring (bicyclic) bond motifs is 1.